The molecule has 1 unspecified atom stereocenters. The van der Waals surface area contributed by atoms with Crippen molar-refractivity contribution in [1.29, 1.82) is 0 Å². The second-order valence-electron chi connectivity index (χ2n) is 5.02. The Balaban J connectivity index is 2.09. The van der Waals surface area contributed by atoms with Crippen molar-refractivity contribution in [1.82, 2.24) is 5.32 Å². The number of ether oxygens (including phenoxy) is 1. The molecule has 0 bridgehead atoms. The molecular formula is C17H17ClFNO3. The fourth-order valence-corrected chi connectivity index (χ4v) is 2.20. The summed E-state index contributed by atoms with van der Waals surface area (Å²) in [7, 11) is 1.44. The summed E-state index contributed by atoms with van der Waals surface area (Å²) >= 11 is 5.82. The van der Waals surface area contributed by atoms with Crippen LogP contribution in [0.4, 0.5) is 4.39 Å². The van der Waals surface area contributed by atoms with Gasteiger partial charge in [-0.2, -0.15) is 0 Å². The van der Waals surface area contributed by atoms with E-state index in [-0.39, 0.29) is 18.7 Å². The summed E-state index contributed by atoms with van der Waals surface area (Å²) in [4.78, 5) is 11.9. The average Bonchev–Trinajstić information content (AvgIpc) is 2.53. The number of methoxy groups -OCH3 is 1. The number of carbonyl (C=O) groups is 1. The Bertz CT molecular complexity index is 676. The number of carbonyl (C=O) groups excluding carboxylic acids is 1. The Labute approximate surface area is 138 Å². The Hall–Kier alpha value is -1.95. The summed E-state index contributed by atoms with van der Waals surface area (Å²) in [5, 5.41) is 12.5. The molecule has 6 heteroatoms. The SMILES string of the molecule is COCC(O)CNC(=O)c1ccc(-c2ccc(Cl)cc2)cc1F. The molecule has 2 aromatic carbocycles. The van der Waals surface area contributed by atoms with Gasteiger partial charge in [0.2, 0.25) is 0 Å². The fourth-order valence-electron chi connectivity index (χ4n) is 2.08. The molecule has 0 saturated carbocycles. The molecule has 1 amide bonds. The van der Waals surface area contributed by atoms with Crippen molar-refractivity contribution in [2.75, 3.05) is 20.3 Å². The van der Waals surface area contributed by atoms with E-state index in [1.807, 2.05) is 0 Å². The highest BCUT2D eigenvalue weighted by molar-refractivity contribution is 6.30. The molecule has 122 valence electrons. The largest absolute Gasteiger partial charge is 0.389 e. The van der Waals surface area contributed by atoms with E-state index < -0.39 is 17.8 Å². The van der Waals surface area contributed by atoms with Crippen molar-refractivity contribution in [3.63, 3.8) is 0 Å². The topological polar surface area (TPSA) is 58.6 Å². The van der Waals surface area contributed by atoms with Crippen molar-refractivity contribution >= 4 is 17.5 Å². The summed E-state index contributed by atoms with van der Waals surface area (Å²) in [6.45, 7) is 0.0866. The van der Waals surface area contributed by atoms with E-state index >= 15 is 0 Å². The number of rotatable bonds is 6. The highest BCUT2D eigenvalue weighted by Crippen LogP contribution is 2.23. The van der Waals surface area contributed by atoms with Crippen LogP contribution in [0.15, 0.2) is 42.5 Å². The number of benzene rings is 2. The Morgan fingerprint density at radius 2 is 1.91 bits per heavy atom. The van der Waals surface area contributed by atoms with E-state index in [1.165, 1.54) is 19.2 Å². The second kappa shape index (κ2) is 8.06. The fraction of sp³-hybridized carbons (Fsp3) is 0.235. The maximum Gasteiger partial charge on any atom is 0.254 e. The quantitative estimate of drug-likeness (QED) is 0.852. The summed E-state index contributed by atoms with van der Waals surface area (Å²) in [5.41, 5.74) is 1.37. The third-order valence-corrected chi connectivity index (χ3v) is 3.50. The molecule has 4 nitrogen and oxygen atoms in total. The predicted octanol–water partition coefficient (Wildman–Crippen LogP) is 2.88. The van der Waals surface area contributed by atoms with Crippen LogP contribution in [0.3, 0.4) is 0 Å². The van der Waals surface area contributed by atoms with Gasteiger partial charge in [0.25, 0.3) is 5.91 Å². The van der Waals surface area contributed by atoms with Crippen molar-refractivity contribution in [3.05, 3.63) is 58.9 Å². The molecule has 2 N–H and O–H groups in total. The van der Waals surface area contributed by atoms with Gasteiger partial charge in [-0.05, 0) is 35.4 Å². The van der Waals surface area contributed by atoms with Crippen LogP contribution in [-0.4, -0.2) is 37.4 Å². The smallest absolute Gasteiger partial charge is 0.254 e. The highest BCUT2D eigenvalue weighted by Gasteiger charge is 2.14. The maximum absolute atomic E-state index is 14.2. The van der Waals surface area contributed by atoms with Gasteiger partial charge in [-0.3, -0.25) is 4.79 Å². The molecule has 0 aromatic heterocycles. The zero-order chi connectivity index (χ0) is 16.8. The molecule has 0 saturated heterocycles. The molecule has 0 aliphatic heterocycles. The summed E-state index contributed by atoms with van der Waals surface area (Å²) in [5.74, 6) is -1.21. The molecule has 2 rings (SSSR count). The lowest BCUT2D eigenvalue weighted by Crippen LogP contribution is -2.34. The molecule has 0 aliphatic carbocycles. The number of amides is 1. The summed E-state index contributed by atoms with van der Waals surface area (Å²) < 4.78 is 18.9. The second-order valence-corrected chi connectivity index (χ2v) is 5.46. The molecule has 0 aliphatic rings. The minimum Gasteiger partial charge on any atom is -0.389 e. The first-order valence-corrected chi connectivity index (χ1v) is 7.39. The summed E-state index contributed by atoms with van der Waals surface area (Å²) in [6.07, 6.45) is -0.833. The lowest BCUT2D eigenvalue weighted by atomic mass is 10.0. The first-order valence-electron chi connectivity index (χ1n) is 7.02. The standard InChI is InChI=1S/C17H17ClFNO3/c1-23-10-14(21)9-20-17(22)15-7-4-12(8-16(15)19)11-2-5-13(18)6-3-11/h2-8,14,21H,9-10H2,1H3,(H,20,22). The van der Waals surface area contributed by atoms with E-state index in [9.17, 15) is 14.3 Å². The Kier molecular flexibility index (Phi) is 6.10. The maximum atomic E-state index is 14.2. The van der Waals surface area contributed by atoms with Crippen molar-refractivity contribution < 1.29 is 19.0 Å². The first kappa shape index (κ1) is 17.4. The van der Waals surface area contributed by atoms with Crippen LogP contribution in [0.5, 0.6) is 0 Å². The third kappa shape index (κ3) is 4.76. The van der Waals surface area contributed by atoms with Crippen molar-refractivity contribution in [2.24, 2.45) is 0 Å². The third-order valence-electron chi connectivity index (χ3n) is 3.25. The van der Waals surface area contributed by atoms with Crippen LogP contribution >= 0.6 is 11.6 Å². The normalized spacial score (nSPS) is 12.0. The first-order chi connectivity index (χ1) is 11.0. The molecule has 0 radical (unpaired) electrons. The summed E-state index contributed by atoms with van der Waals surface area (Å²) in [6, 6.07) is 11.4. The van der Waals surface area contributed by atoms with Crippen LogP contribution < -0.4 is 5.32 Å². The van der Waals surface area contributed by atoms with E-state index in [4.69, 9.17) is 16.3 Å². The lowest BCUT2D eigenvalue weighted by molar-refractivity contribution is 0.0609. The van der Waals surface area contributed by atoms with Gasteiger partial charge in [-0.15, -0.1) is 0 Å². The lowest BCUT2D eigenvalue weighted by Gasteiger charge is -2.11. The van der Waals surface area contributed by atoms with Crippen LogP contribution in [0.25, 0.3) is 11.1 Å². The van der Waals surface area contributed by atoms with E-state index in [2.05, 4.69) is 5.32 Å². The molecule has 0 heterocycles. The van der Waals surface area contributed by atoms with Gasteiger partial charge in [0.05, 0.1) is 18.3 Å². The van der Waals surface area contributed by atoms with Crippen molar-refractivity contribution in [3.8, 4) is 11.1 Å². The minimum absolute atomic E-state index is 0.00888. The molecule has 2 aromatic rings. The number of hydrogen-bond acceptors (Lipinski definition) is 3. The number of aliphatic hydroxyl groups excluding tert-OH is 1. The van der Waals surface area contributed by atoms with Gasteiger partial charge in [0.1, 0.15) is 5.82 Å². The zero-order valence-corrected chi connectivity index (χ0v) is 13.3. The minimum atomic E-state index is -0.833. The van der Waals surface area contributed by atoms with Crippen LogP contribution in [0, 0.1) is 5.82 Å². The predicted molar refractivity (Wildman–Crippen MR) is 87.1 cm³/mol. The Morgan fingerprint density at radius 1 is 1.26 bits per heavy atom. The van der Waals surface area contributed by atoms with Crippen molar-refractivity contribution in [2.45, 2.75) is 6.10 Å². The van der Waals surface area contributed by atoms with Gasteiger partial charge in [0, 0.05) is 18.7 Å². The van der Waals surface area contributed by atoms with Crippen LogP contribution in [-0.2, 0) is 4.74 Å². The van der Waals surface area contributed by atoms with Crippen LogP contribution in [0.2, 0.25) is 5.02 Å². The van der Waals surface area contributed by atoms with E-state index in [0.29, 0.717) is 10.6 Å². The molecule has 1 atom stereocenters. The molecule has 0 spiro atoms. The van der Waals surface area contributed by atoms with E-state index in [0.717, 1.165) is 5.56 Å². The van der Waals surface area contributed by atoms with Gasteiger partial charge in [0.15, 0.2) is 0 Å². The van der Waals surface area contributed by atoms with Gasteiger partial charge < -0.3 is 15.2 Å². The average molecular weight is 338 g/mol. The Morgan fingerprint density at radius 3 is 2.52 bits per heavy atom. The zero-order valence-electron chi connectivity index (χ0n) is 12.6. The van der Waals surface area contributed by atoms with Gasteiger partial charge >= 0.3 is 0 Å². The number of aliphatic hydroxyl groups is 1. The number of nitrogens with one attached hydrogen (secondary N) is 1. The van der Waals surface area contributed by atoms with E-state index in [1.54, 1.807) is 30.3 Å². The van der Waals surface area contributed by atoms with Crippen LogP contribution in [0.1, 0.15) is 10.4 Å². The monoisotopic (exact) mass is 337 g/mol. The van der Waals surface area contributed by atoms with Gasteiger partial charge in [-0.25, -0.2) is 4.39 Å². The number of hydrogen-bond donors (Lipinski definition) is 2. The van der Waals surface area contributed by atoms with Gasteiger partial charge in [-0.1, -0.05) is 29.8 Å². The highest BCUT2D eigenvalue weighted by atomic mass is 35.5. The molecular weight excluding hydrogens is 321 g/mol. The number of halogens is 2. The molecule has 23 heavy (non-hydrogen) atoms. The molecule has 0 fully saturated rings.